The zero-order valence-electron chi connectivity index (χ0n) is 11.1. The van der Waals surface area contributed by atoms with Gasteiger partial charge in [-0.3, -0.25) is 0 Å². The average molecular weight is 233 g/mol. The van der Waals surface area contributed by atoms with Crippen molar-refractivity contribution in [3.05, 3.63) is 29.3 Å². The van der Waals surface area contributed by atoms with Gasteiger partial charge in [0.1, 0.15) is 11.9 Å². The normalized spacial score (nSPS) is 24.6. The minimum Gasteiger partial charge on any atom is -0.489 e. The average Bonchev–Trinajstić information content (AvgIpc) is 2.34. The number of benzene rings is 1. The molecule has 0 aliphatic heterocycles. The maximum atomic E-state index is 6.21. The molecular weight excluding hydrogens is 210 g/mol. The molecule has 1 aliphatic carbocycles. The Morgan fingerprint density at radius 2 is 1.94 bits per heavy atom. The summed E-state index contributed by atoms with van der Waals surface area (Å²) in [6.45, 7) is 4.23. The van der Waals surface area contributed by atoms with Gasteiger partial charge < -0.3 is 10.1 Å². The third-order valence-electron chi connectivity index (χ3n) is 3.70. The van der Waals surface area contributed by atoms with Gasteiger partial charge in [-0.2, -0.15) is 0 Å². The van der Waals surface area contributed by atoms with Crippen molar-refractivity contribution in [2.24, 2.45) is 0 Å². The predicted molar refractivity (Wildman–Crippen MR) is 71.6 cm³/mol. The number of hydrogen-bond acceptors (Lipinski definition) is 2. The van der Waals surface area contributed by atoms with Crippen molar-refractivity contribution in [1.82, 2.24) is 5.32 Å². The zero-order chi connectivity index (χ0) is 12.3. The Balaban J connectivity index is 2.10. The molecule has 0 aromatic heterocycles. The number of nitrogens with one attached hydrogen (secondary N) is 1. The van der Waals surface area contributed by atoms with E-state index >= 15 is 0 Å². The topological polar surface area (TPSA) is 21.3 Å². The van der Waals surface area contributed by atoms with Crippen molar-refractivity contribution in [3.63, 3.8) is 0 Å². The fraction of sp³-hybridized carbons (Fsp3) is 0.600. The third kappa shape index (κ3) is 3.01. The lowest BCUT2D eigenvalue weighted by molar-refractivity contribution is 0.117. The lowest BCUT2D eigenvalue weighted by Gasteiger charge is -2.32. The van der Waals surface area contributed by atoms with Crippen LogP contribution >= 0.6 is 0 Å². The van der Waals surface area contributed by atoms with E-state index in [1.807, 2.05) is 7.05 Å². The van der Waals surface area contributed by atoms with Gasteiger partial charge in [0.05, 0.1) is 0 Å². The van der Waals surface area contributed by atoms with Gasteiger partial charge in [0.15, 0.2) is 0 Å². The van der Waals surface area contributed by atoms with E-state index in [0.29, 0.717) is 12.1 Å². The van der Waals surface area contributed by atoms with E-state index in [0.717, 1.165) is 5.75 Å². The molecule has 0 heterocycles. The zero-order valence-corrected chi connectivity index (χ0v) is 11.1. The highest BCUT2D eigenvalue weighted by Gasteiger charge is 2.25. The molecule has 1 saturated carbocycles. The summed E-state index contributed by atoms with van der Waals surface area (Å²) in [4.78, 5) is 0. The minimum atomic E-state index is 0.328. The molecule has 94 valence electrons. The van der Waals surface area contributed by atoms with Crippen molar-refractivity contribution < 1.29 is 4.74 Å². The first-order chi connectivity index (χ1) is 8.20. The van der Waals surface area contributed by atoms with Crippen LogP contribution in [-0.4, -0.2) is 19.2 Å². The van der Waals surface area contributed by atoms with Crippen molar-refractivity contribution in [1.29, 1.82) is 0 Å². The summed E-state index contributed by atoms with van der Waals surface area (Å²) in [7, 11) is 2.04. The second-order valence-corrected chi connectivity index (χ2v) is 5.10. The van der Waals surface area contributed by atoms with E-state index in [2.05, 4.69) is 37.4 Å². The van der Waals surface area contributed by atoms with Crippen molar-refractivity contribution >= 4 is 0 Å². The first-order valence-electron chi connectivity index (χ1n) is 6.62. The fourth-order valence-corrected chi connectivity index (χ4v) is 2.57. The molecule has 0 bridgehead atoms. The molecule has 0 amide bonds. The SMILES string of the molecule is CNC1CCCCC1Oc1cc(C)ccc1C. The van der Waals surface area contributed by atoms with E-state index in [9.17, 15) is 0 Å². The Morgan fingerprint density at radius 1 is 1.18 bits per heavy atom. The molecule has 17 heavy (non-hydrogen) atoms. The lowest BCUT2D eigenvalue weighted by Crippen LogP contribution is -2.43. The molecule has 2 nitrogen and oxygen atoms in total. The van der Waals surface area contributed by atoms with Crippen LogP contribution in [0.25, 0.3) is 0 Å². The Bertz CT molecular complexity index is 375. The molecule has 1 fully saturated rings. The third-order valence-corrected chi connectivity index (χ3v) is 3.70. The van der Waals surface area contributed by atoms with E-state index in [1.165, 1.54) is 36.8 Å². The molecule has 2 unspecified atom stereocenters. The van der Waals surface area contributed by atoms with Crippen LogP contribution in [0.2, 0.25) is 0 Å². The second kappa shape index (κ2) is 5.54. The number of aryl methyl sites for hydroxylation is 2. The molecule has 1 aliphatic rings. The van der Waals surface area contributed by atoms with Gasteiger partial charge in [-0.1, -0.05) is 18.6 Å². The Labute approximate surface area is 104 Å². The number of likely N-dealkylation sites (N-methyl/N-ethyl adjacent to an activating group) is 1. The summed E-state index contributed by atoms with van der Waals surface area (Å²) in [5, 5.41) is 3.38. The number of hydrogen-bond donors (Lipinski definition) is 1. The Hall–Kier alpha value is -1.02. The van der Waals surface area contributed by atoms with Crippen LogP contribution in [0.3, 0.4) is 0 Å². The van der Waals surface area contributed by atoms with Gasteiger partial charge in [-0.05, 0) is 57.4 Å². The quantitative estimate of drug-likeness (QED) is 0.865. The highest BCUT2D eigenvalue weighted by atomic mass is 16.5. The molecule has 0 radical (unpaired) electrons. The van der Waals surface area contributed by atoms with Crippen molar-refractivity contribution in [2.45, 2.75) is 51.7 Å². The van der Waals surface area contributed by atoms with Gasteiger partial charge in [0, 0.05) is 6.04 Å². The second-order valence-electron chi connectivity index (χ2n) is 5.10. The smallest absolute Gasteiger partial charge is 0.122 e. The first-order valence-corrected chi connectivity index (χ1v) is 6.62. The largest absolute Gasteiger partial charge is 0.489 e. The summed E-state index contributed by atoms with van der Waals surface area (Å²) in [6, 6.07) is 6.93. The molecule has 1 aromatic carbocycles. The van der Waals surface area contributed by atoms with Crippen molar-refractivity contribution in [2.75, 3.05) is 7.05 Å². The Morgan fingerprint density at radius 3 is 2.71 bits per heavy atom. The maximum Gasteiger partial charge on any atom is 0.122 e. The molecule has 2 atom stereocenters. The van der Waals surface area contributed by atoms with Crippen LogP contribution in [0.5, 0.6) is 5.75 Å². The molecular formula is C15H23NO. The van der Waals surface area contributed by atoms with Crippen LogP contribution < -0.4 is 10.1 Å². The maximum absolute atomic E-state index is 6.21. The van der Waals surface area contributed by atoms with Gasteiger partial charge in [-0.15, -0.1) is 0 Å². The van der Waals surface area contributed by atoms with Crippen molar-refractivity contribution in [3.8, 4) is 5.75 Å². The monoisotopic (exact) mass is 233 g/mol. The van der Waals surface area contributed by atoms with E-state index in [-0.39, 0.29) is 0 Å². The highest BCUT2D eigenvalue weighted by molar-refractivity contribution is 5.36. The van der Waals surface area contributed by atoms with Crippen LogP contribution in [0.4, 0.5) is 0 Å². The van der Waals surface area contributed by atoms with E-state index in [4.69, 9.17) is 4.74 Å². The van der Waals surface area contributed by atoms with Gasteiger partial charge in [0.25, 0.3) is 0 Å². The standard InChI is InChI=1S/C15H23NO/c1-11-8-9-12(2)15(10-11)17-14-7-5-4-6-13(14)16-3/h8-10,13-14,16H,4-7H2,1-3H3. The minimum absolute atomic E-state index is 0.328. The van der Waals surface area contributed by atoms with Gasteiger partial charge in [-0.25, -0.2) is 0 Å². The van der Waals surface area contributed by atoms with Crippen LogP contribution in [-0.2, 0) is 0 Å². The van der Waals surface area contributed by atoms with Crippen LogP contribution in [0, 0.1) is 13.8 Å². The summed E-state index contributed by atoms with van der Waals surface area (Å²) in [6.07, 6.45) is 5.32. The Kier molecular flexibility index (Phi) is 4.06. The molecule has 1 N–H and O–H groups in total. The predicted octanol–water partition coefficient (Wildman–Crippen LogP) is 3.21. The number of ether oxygens (including phenoxy) is 1. The van der Waals surface area contributed by atoms with E-state index in [1.54, 1.807) is 0 Å². The molecule has 2 heteroatoms. The summed E-state index contributed by atoms with van der Waals surface area (Å²) in [5.41, 5.74) is 2.50. The molecule has 0 spiro atoms. The molecule has 1 aromatic rings. The molecule has 0 saturated heterocycles. The summed E-state index contributed by atoms with van der Waals surface area (Å²) >= 11 is 0. The lowest BCUT2D eigenvalue weighted by atomic mass is 9.92. The molecule has 2 rings (SSSR count). The summed E-state index contributed by atoms with van der Waals surface area (Å²) < 4.78 is 6.21. The van der Waals surface area contributed by atoms with Gasteiger partial charge in [0.2, 0.25) is 0 Å². The van der Waals surface area contributed by atoms with Crippen LogP contribution in [0.15, 0.2) is 18.2 Å². The summed E-state index contributed by atoms with van der Waals surface area (Å²) in [5.74, 6) is 1.05. The fourth-order valence-electron chi connectivity index (χ4n) is 2.57. The first kappa shape index (κ1) is 12.4. The highest BCUT2D eigenvalue weighted by Crippen LogP contribution is 2.26. The van der Waals surface area contributed by atoms with Crippen LogP contribution in [0.1, 0.15) is 36.8 Å². The van der Waals surface area contributed by atoms with E-state index < -0.39 is 0 Å². The van der Waals surface area contributed by atoms with Gasteiger partial charge >= 0.3 is 0 Å². The number of rotatable bonds is 3.